The highest BCUT2D eigenvalue weighted by molar-refractivity contribution is 5.58. The molecule has 0 amide bonds. The topological polar surface area (TPSA) is 30.0 Å². The number of benzene rings is 1. The van der Waals surface area contributed by atoms with Crippen molar-refractivity contribution < 1.29 is 4.79 Å². The van der Waals surface area contributed by atoms with Gasteiger partial charge in [0.2, 0.25) is 0 Å². The average Bonchev–Trinajstić information content (AvgIpc) is 2.46. The summed E-state index contributed by atoms with van der Waals surface area (Å²) < 4.78 is 0. The third-order valence-corrected chi connectivity index (χ3v) is 4.03. The molecule has 0 aliphatic heterocycles. The van der Waals surface area contributed by atoms with E-state index in [2.05, 4.69) is 65.5 Å². The Morgan fingerprint density at radius 3 is 2.21 bits per heavy atom. The van der Waals surface area contributed by atoms with Crippen molar-refractivity contribution in [2.45, 2.75) is 53.4 Å². The summed E-state index contributed by atoms with van der Waals surface area (Å²) >= 11 is 0. The van der Waals surface area contributed by atoms with Crippen LogP contribution >= 0.6 is 0 Å². The van der Waals surface area contributed by atoms with Crippen molar-refractivity contribution in [1.82, 2.24) is 4.98 Å². The molecule has 1 heterocycles. The van der Waals surface area contributed by atoms with Crippen LogP contribution in [0.25, 0.3) is 0 Å². The van der Waals surface area contributed by atoms with Crippen LogP contribution in [0.5, 0.6) is 0 Å². The van der Waals surface area contributed by atoms with Crippen LogP contribution in [-0.2, 0) is 16.6 Å². The molecular formula is C22H25NO. The Bertz CT molecular complexity index is 806. The van der Waals surface area contributed by atoms with Crippen LogP contribution in [0.2, 0.25) is 0 Å². The first kappa shape index (κ1) is 17.9. The zero-order valence-corrected chi connectivity index (χ0v) is 15.4. The molecule has 0 atom stereocenters. The van der Waals surface area contributed by atoms with Crippen molar-refractivity contribution in [1.29, 1.82) is 0 Å². The quantitative estimate of drug-likeness (QED) is 0.605. The van der Waals surface area contributed by atoms with Gasteiger partial charge in [0.1, 0.15) is 12.0 Å². The lowest BCUT2D eigenvalue weighted by Gasteiger charge is -2.18. The number of aromatic nitrogens is 1. The van der Waals surface area contributed by atoms with E-state index in [0.29, 0.717) is 12.1 Å². The summed E-state index contributed by atoms with van der Waals surface area (Å²) in [5, 5.41) is 0. The van der Waals surface area contributed by atoms with E-state index >= 15 is 0 Å². The first-order valence-corrected chi connectivity index (χ1v) is 8.26. The van der Waals surface area contributed by atoms with Gasteiger partial charge in [-0.05, 0) is 49.4 Å². The molecule has 24 heavy (non-hydrogen) atoms. The summed E-state index contributed by atoms with van der Waals surface area (Å²) in [5.74, 6) is 6.48. The summed E-state index contributed by atoms with van der Waals surface area (Å²) in [4.78, 5) is 15.7. The second kappa shape index (κ2) is 7.01. The second-order valence-corrected chi connectivity index (χ2v) is 7.35. The fraction of sp³-hybridized carbons (Fsp3) is 0.364. The highest BCUT2D eigenvalue weighted by Gasteiger charge is 2.16. The third kappa shape index (κ3) is 4.11. The molecule has 2 heteroatoms. The van der Waals surface area contributed by atoms with Crippen LogP contribution in [-0.4, -0.2) is 11.3 Å². The summed E-state index contributed by atoms with van der Waals surface area (Å²) in [6.07, 6.45) is 1.24. The molecule has 2 rings (SSSR count). The molecule has 0 saturated heterocycles. The number of aldehydes is 1. The monoisotopic (exact) mass is 319 g/mol. The number of carbonyl (C=O) groups excluding carboxylic acids is 1. The van der Waals surface area contributed by atoms with E-state index in [0.717, 1.165) is 23.1 Å². The van der Waals surface area contributed by atoms with Crippen LogP contribution in [0.4, 0.5) is 0 Å². The molecule has 2 nitrogen and oxygen atoms in total. The largest absolute Gasteiger partial charge is 0.303 e. The number of aryl methyl sites for hydroxylation is 3. The van der Waals surface area contributed by atoms with Gasteiger partial charge in [-0.2, -0.15) is 0 Å². The number of hydrogen-bond donors (Lipinski definition) is 0. The van der Waals surface area contributed by atoms with Crippen LogP contribution in [0.3, 0.4) is 0 Å². The first-order valence-electron chi connectivity index (χ1n) is 8.26. The fourth-order valence-corrected chi connectivity index (χ4v) is 2.77. The van der Waals surface area contributed by atoms with Gasteiger partial charge in [-0.15, -0.1) is 0 Å². The zero-order chi connectivity index (χ0) is 17.9. The summed E-state index contributed by atoms with van der Waals surface area (Å²) in [6, 6.07) is 8.25. The Morgan fingerprint density at radius 1 is 1.04 bits per heavy atom. The summed E-state index contributed by atoms with van der Waals surface area (Å²) in [7, 11) is 0. The van der Waals surface area contributed by atoms with Gasteiger partial charge in [-0.25, -0.2) is 4.98 Å². The minimum atomic E-state index is -0.0498. The number of pyridine rings is 1. The maximum absolute atomic E-state index is 11.0. The zero-order valence-electron chi connectivity index (χ0n) is 15.4. The molecular weight excluding hydrogens is 294 g/mol. The van der Waals surface area contributed by atoms with Crippen LogP contribution in [0.15, 0.2) is 24.3 Å². The van der Waals surface area contributed by atoms with Crippen molar-refractivity contribution in [2.24, 2.45) is 0 Å². The van der Waals surface area contributed by atoms with Crippen molar-refractivity contribution in [3.63, 3.8) is 0 Å². The fourth-order valence-electron chi connectivity index (χ4n) is 2.77. The lowest BCUT2D eigenvalue weighted by molar-refractivity contribution is -0.107. The number of carbonyl (C=O) groups is 1. The van der Waals surface area contributed by atoms with Crippen molar-refractivity contribution >= 4 is 6.29 Å². The average molecular weight is 319 g/mol. The Hall–Kier alpha value is -2.40. The molecule has 2 aromatic rings. The lowest BCUT2D eigenvalue weighted by Crippen LogP contribution is -2.15. The van der Waals surface area contributed by atoms with Crippen molar-refractivity contribution in [2.75, 3.05) is 0 Å². The van der Waals surface area contributed by atoms with E-state index in [1.54, 1.807) is 0 Å². The summed E-state index contributed by atoms with van der Waals surface area (Å²) in [5.41, 5.74) is 7.14. The highest BCUT2D eigenvalue weighted by atomic mass is 16.1. The van der Waals surface area contributed by atoms with Gasteiger partial charge >= 0.3 is 0 Å². The number of rotatable bonds is 2. The molecule has 0 saturated carbocycles. The normalized spacial score (nSPS) is 10.9. The van der Waals surface area contributed by atoms with Crippen LogP contribution < -0.4 is 0 Å². The molecule has 0 aliphatic carbocycles. The third-order valence-electron chi connectivity index (χ3n) is 4.03. The van der Waals surface area contributed by atoms with Gasteiger partial charge in [0, 0.05) is 23.1 Å². The molecule has 124 valence electrons. The Balaban J connectivity index is 2.55. The Labute approximate surface area is 145 Å². The predicted octanol–water partition coefficient (Wildman–Crippen LogP) is 4.45. The van der Waals surface area contributed by atoms with E-state index < -0.39 is 0 Å². The Kier molecular flexibility index (Phi) is 5.24. The molecule has 0 aliphatic rings. The SMILES string of the molecule is Cc1cc(C)c(C#Cc2nc(C(C)(C)C)ccc2CC=O)c(C)c1. The van der Waals surface area contributed by atoms with Gasteiger partial charge in [0.05, 0.1) is 0 Å². The van der Waals surface area contributed by atoms with Gasteiger partial charge in [-0.1, -0.05) is 50.5 Å². The maximum Gasteiger partial charge on any atom is 0.124 e. The molecule has 0 bridgehead atoms. The van der Waals surface area contributed by atoms with Crippen LogP contribution in [0.1, 0.15) is 60.0 Å². The second-order valence-electron chi connectivity index (χ2n) is 7.35. The molecule has 1 aromatic heterocycles. The van der Waals surface area contributed by atoms with Gasteiger partial charge < -0.3 is 4.79 Å². The molecule has 0 N–H and O–H groups in total. The van der Waals surface area contributed by atoms with E-state index in [4.69, 9.17) is 4.98 Å². The molecule has 0 fully saturated rings. The molecule has 1 aromatic carbocycles. The minimum Gasteiger partial charge on any atom is -0.303 e. The van der Waals surface area contributed by atoms with Crippen molar-refractivity contribution in [3.05, 3.63) is 63.5 Å². The number of hydrogen-bond acceptors (Lipinski definition) is 2. The molecule has 0 spiro atoms. The predicted molar refractivity (Wildman–Crippen MR) is 99.3 cm³/mol. The lowest BCUT2D eigenvalue weighted by atomic mass is 9.91. The van der Waals surface area contributed by atoms with E-state index in [1.165, 1.54) is 16.7 Å². The Morgan fingerprint density at radius 2 is 1.67 bits per heavy atom. The van der Waals surface area contributed by atoms with Gasteiger partial charge in [-0.3, -0.25) is 0 Å². The number of nitrogens with zero attached hydrogens (tertiary/aromatic N) is 1. The molecule has 0 radical (unpaired) electrons. The van der Waals surface area contributed by atoms with Crippen molar-refractivity contribution in [3.8, 4) is 11.8 Å². The summed E-state index contributed by atoms with van der Waals surface area (Å²) in [6.45, 7) is 12.6. The van der Waals surface area contributed by atoms with E-state index in [-0.39, 0.29) is 5.41 Å². The minimum absolute atomic E-state index is 0.0498. The van der Waals surface area contributed by atoms with E-state index in [1.807, 2.05) is 12.1 Å². The van der Waals surface area contributed by atoms with Gasteiger partial charge in [0.15, 0.2) is 0 Å². The standard InChI is InChI=1S/C22H25NO/c1-15-13-16(2)19(17(3)14-15)8-9-20-18(11-12-24)7-10-21(23-20)22(4,5)6/h7,10,12-14H,11H2,1-6H3. The first-order chi connectivity index (χ1) is 11.2. The highest BCUT2D eigenvalue weighted by Crippen LogP contribution is 2.22. The molecule has 0 unspecified atom stereocenters. The van der Waals surface area contributed by atoms with Gasteiger partial charge in [0.25, 0.3) is 0 Å². The van der Waals surface area contributed by atoms with E-state index in [9.17, 15) is 4.79 Å². The van der Waals surface area contributed by atoms with Crippen LogP contribution in [0, 0.1) is 32.6 Å². The smallest absolute Gasteiger partial charge is 0.124 e. The maximum atomic E-state index is 11.0.